The number of carbonyl (C=O) groups excluding carboxylic acids is 2. The molecule has 2 heterocycles. The molecule has 4 aromatic carbocycles. The number of hydrogen-bond donors (Lipinski definition) is 5. The molecule has 0 bridgehead atoms. The molecule has 2 unspecified atom stereocenters. The van der Waals surface area contributed by atoms with E-state index in [1.54, 1.807) is 37.4 Å². The Morgan fingerprint density at radius 2 is 1.78 bits per heavy atom. The van der Waals surface area contributed by atoms with Gasteiger partial charge >= 0.3 is 7.12 Å². The van der Waals surface area contributed by atoms with Crippen molar-refractivity contribution in [1.82, 2.24) is 10.6 Å². The quantitative estimate of drug-likeness (QED) is 0.126. The molecule has 0 fully saturated rings. The lowest BCUT2D eigenvalue weighted by Gasteiger charge is -2.36. The molecule has 3 atom stereocenters. The van der Waals surface area contributed by atoms with Crippen molar-refractivity contribution >= 4 is 47.4 Å². The number of fused-ring (bicyclic) bond motifs is 2. The number of benzene rings is 4. The number of halogens is 1. The molecule has 7 N–H and O–H groups in total. The summed E-state index contributed by atoms with van der Waals surface area (Å²) in [6.07, 6.45) is -1.20. The van der Waals surface area contributed by atoms with Gasteiger partial charge in [-0.25, -0.2) is 0 Å². The first kappa shape index (κ1) is 34.2. The van der Waals surface area contributed by atoms with E-state index in [1.165, 1.54) is 0 Å². The summed E-state index contributed by atoms with van der Waals surface area (Å²) < 4.78 is 10.8. The number of ether oxygens (including phenoxy) is 1. The number of carbonyl (C=O) groups is 2. The highest BCUT2D eigenvalue weighted by Gasteiger charge is 2.34. The molecule has 0 saturated heterocycles. The van der Waals surface area contributed by atoms with E-state index in [-0.39, 0.29) is 31.3 Å². The number of nitrogens with zero attached hydrogens (tertiary/aromatic N) is 2. The van der Waals surface area contributed by atoms with Gasteiger partial charge in [-0.15, -0.1) is 0 Å². The van der Waals surface area contributed by atoms with Crippen LogP contribution in [0.1, 0.15) is 40.4 Å². The highest BCUT2D eigenvalue weighted by Crippen LogP contribution is 2.34. The number of methoxy groups -OCH3 is 1. The van der Waals surface area contributed by atoms with Crippen molar-refractivity contribution in [3.8, 4) is 16.9 Å². The van der Waals surface area contributed by atoms with E-state index >= 15 is 0 Å². The van der Waals surface area contributed by atoms with Crippen LogP contribution in [0.25, 0.3) is 11.1 Å². The Labute approximate surface area is 290 Å². The van der Waals surface area contributed by atoms with Crippen LogP contribution in [0.15, 0.2) is 89.9 Å². The molecule has 0 radical (unpaired) electrons. The van der Waals surface area contributed by atoms with Crippen molar-refractivity contribution in [1.29, 1.82) is 0 Å². The molecule has 6 rings (SSSR count). The third-order valence-electron chi connectivity index (χ3n) is 8.70. The highest BCUT2D eigenvalue weighted by molar-refractivity contribution is 6.61. The monoisotopic (exact) mass is 680 g/mol. The number of hydrogen-bond acceptors (Lipinski definition) is 9. The lowest BCUT2D eigenvalue weighted by atomic mass is 9.78. The Kier molecular flexibility index (Phi) is 10.3. The lowest BCUT2D eigenvalue weighted by Crippen LogP contribution is -2.56. The zero-order chi connectivity index (χ0) is 34.7. The molecule has 0 aromatic heterocycles. The number of rotatable bonds is 10. The van der Waals surface area contributed by atoms with Crippen molar-refractivity contribution in [2.75, 3.05) is 25.1 Å². The summed E-state index contributed by atoms with van der Waals surface area (Å²) in [6.45, 7) is 2.62. The summed E-state index contributed by atoms with van der Waals surface area (Å²) in [4.78, 5) is 33.2. The first-order valence-electron chi connectivity index (χ1n) is 16.0. The van der Waals surface area contributed by atoms with Crippen LogP contribution >= 0.6 is 11.6 Å². The second kappa shape index (κ2) is 14.8. The molecule has 0 spiro atoms. The van der Waals surface area contributed by atoms with Crippen molar-refractivity contribution in [2.45, 2.75) is 38.3 Å². The van der Waals surface area contributed by atoms with Gasteiger partial charge in [0.1, 0.15) is 11.9 Å². The van der Waals surface area contributed by atoms with Crippen molar-refractivity contribution < 1.29 is 24.0 Å². The Morgan fingerprint density at radius 1 is 1.04 bits per heavy atom. The number of nitrogens with one attached hydrogen (secondary N) is 2. The SMILES string of the molecule is COc1ccc2c(c1)C(c1ccc(Cl)cc1)=N[C@@H](CC(=O)NCCNC(=O)c1cccc(-c3ccc4c(c3)B(O)OC4)c1)C(N)N2C(C)N. The fraction of sp³-hybridized carbons (Fsp3) is 0.250. The van der Waals surface area contributed by atoms with Gasteiger partial charge in [-0.2, -0.15) is 0 Å². The van der Waals surface area contributed by atoms with E-state index in [0.29, 0.717) is 28.7 Å². The van der Waals surface area contributed by atoms with Crippen LogP contribution in [0, 0.1) is 0 Å². The molecule has 2 aliphatic rings. The molecule has 0 saturated carbocycles. The van der Waals surface area contributed by atoms with E-state index in [2.05, 4.69) is 10.6 Å². The molecule has 11 nitrogen and oxygen atoms in total. The average Bonchev–Trinajstić information content (AvgIpc) is 3.43. The zero-order valence-corrected chi connectivity index (χ0v) is 28.0. The highest BCUT2D eigenvalue weighted by atomic mass is 35.5. The maximum absolute atomic E-state index is 13.3. The van der Waals surface area contributed by atoms with Crippen LogP contribution in [0.4, 0.5) is 5.69 Å². The summed E-state index contributed by atoms with van der Waals surface area (Å²) >= 11 is 6.19. The van der Waals surface area contributed by atoms with Gasteiger partial charge in [0, 0.05) is 40.5 Å². The summed E-state index contributed by atoms with van der Waals surface area (Å²) in [5.74, 6) is 0.0953. The molecule has 2 amide bonds. The van der Waals surface area contributed by atoms with Crippen LogP contribution in [0.5, 0.6) is 5.75 Å². The summed E-state index contributed by atoms with van der Waals surface area (Å²) in [5, 5.41) is 16.4. The van der Waals surface area contributed by atoms with Gasteiger partial charge in [-0.05, 0) is 71.5 Å². The van der Waals surface area contributed by atoms with Gasteiger partial charge < -0.3 is 41.4 Å². The summed E-state index contributed by atoms with van der Waals surface area (Å²) in [6, 6.07) is 25.3. The minimum absolute atomic E-state index is 0.0108. The van der Waals surface area contributed by atoms with Gasteiger partial charge in [0.05, 0.1) is 38.1 Å². The third-order valence-corrected chi connectivity index (χ3v) is 8.95. The van der Waals surface area contributed by atoms with E-state index < -0.39 is 25.5 Å². The average molecular weight is 681 g/mol. The van der Waals surface area contributed by atoms with Crippen molar-refractivity contribution in [3.05, 3.63) is 112 Å². The minimum Gasteiger partial charge on any atom is -0.497 e. The number of benzodiazepines with no additional fused rings is 1. The molecular weight excluding hydrogens is 643 g/mol. The maximum atomic E-state index is 13.3. The fourth-order valence-electron chi connectivity index (χ4n) is 6.19. The first-order chi connectivity index (χ1) is 23.6. The summed E-state index contributed by atoms with van der Waals surface area (Å²) in [5.41, 5.74) is 20.1. The number of aliphatic imine (C=N–C) groups is 1. The summed E-state index contributed by atoms with van der Waals surface area (Å²) in [7, 11) is 0.646. The smallest absolute Gasteiger partial charge is 0.491 e. The molecule has 0 aliphatic carbocycles. The molecule has 13 heteroatoms. The predicted molar refractivity (Wildman–Crippen MR) is 192 cm³/mol. The first-order valence-corrected chi connectivity index (χ1v) is 16.4. The topological polar surface area (TPSA) is 165 Å². The van der Waals surface area contributed by atoms with Crippen molar-refractivity contribution in [3.63, 3.8) is 0 Å². The number of anilines is 1. The Morgan fingerprint density at radius 3 is 2.53 bits per heavy atom. The Balaban J connectivity index is 1.12. The molecule has 2 aliphatic heterocycles. The second-order valence-electron chi connectivity index (χ2n) is 12.0. The normalized spacial score (nSPS) is 17.4. The molecule has 4 aromatic rings. The Bertz CT molecular complexity index is 1890. The number of nitrogens with two attached hydrogens (primary N) is 2. The van der Waals surface area contributed by atoms with Crippen LogP contribution in [-0.4, -0.2) is 68.2 Å². The lowest BCUT2D eigenvalue weighted by molar-refractivity contribution is -0.121. The third kappa shape index (κ3) is 7.48. The zero-order valence-electron chi connectivity index (χ0n) is 27.2. The van der Waals surface area contributed by atoms with E-state index in [1.807, 2.05) is 66.4 Å². The number of amides is 2. The van der Waals surface area contributed by atoms with Gasteiger partial charge in [0.2, 0.25) is 5.91 Å². The maximum Gasteiger partial charge on any atom is 0.491 e. The van der Waals surface area contributed by atoms with Crippen LogP contribution in [-0.2, 0) is 16.1 Å². The molecule has 49 heavy (non-hydrogen) atoms. The molecule has 252 valence electrons. The molecular formula is C36H38BClN6O5. The van der Waals surface area contributed by atoms with E-state index in [9.17, 15) is 14.6 Å². The largest absolute Gasteiger partial charge is 0.497 e. The van der Waals surface area contributed by atoms with E-state index in [4.69, 9.17) is 37.5 Å². The van der Waals surface area contributed by atoms with Gasteiger partial charge in [-0.1, -0.05) is 54.1 Å². The van der Waals surface area contributed by atoms with Crippen LogP contribution in [0.3, 0.4) is 0 Å². The Hall–Kier alpha value is -4.72. The van der Waals surface area contributed by atoms with Crippen molar-refractivity contribution in [2.24, 2.45) is 16.5 Å². The van der Waals surface area contributed by atoms with Gasteiger partial charge in [0.25, 0.3) is 5.91 Å². The van der Waals surface area contributed by atoms with E-state index in [0.717, 1.165) is 39.0 Å². The van der Waals surface area contributed by atoms with Gasteiger partial charge in [0.15, 0.2) is 0 Å². The van der Waals surface area contributed by atoms with Gasteiger partial charge in [-0.3, -0.25) is 14.6 Å². The minimum atomic E-state index is -0.948. The predicted octanol–water partition coefficient (Wildman–Crippen LogP) is 2.79. The van der Waals surface area contributed by atoms with Crippen LogP contribution in [0.2, 0.25) is 5.02 Å². The fourth-order valence-corrected chi connectivity index (χ4v) is 6.31. The van der Waals surface area contributed by atoms with Crippen LogP contribution < -0.4 is 37.2 Å². The standard InChI is InChI=1S/C36H38BClN6O5/c1-21(39)44-32-13-12-28(48-2)18-29(32)34(22-8-10-27(38)11-9-22)43-31(35(44)40)19-33(45)41-14-15-42-36(46)25-5-3-4-23(16-25)24-6-7-26-20-49-37(47)30(26)17-24/h3-13,16-18,21,31,35,47H,14-15,19-20,39-40H2,1-2H3,(H,41,45)(H,42,46)/t21?,31-,35?/m0/s1. The second-order valence-corrected chi connectivity index (χ2v) is 12.5.